The highest BCUT2D eigenvalue weighted by molar-refractivity contribution is 7.70. The van der Waals surface area contributed by atoms with Crippen molar-refractivity contribution in [3.63, 3.8) is 0 Å². The maximum atomic E-state index is 14.4. The summed E-state index contributed by atoms with van der Waals surface area (Å²) in [6.07, 6.45) is 5.77. The highest BCUT2D eigenvalue weighted by Gasteiger charge is 2.30. The third-order valence-corrected chi connectivity index (χ3v) is 6.50. The monoisotopic (exact) mass is 470 g/mol. The van der Waals surface area contributed by atoms with Gasteiger partial charge in [-0.1, -0.05) is 0 Å². The number of fused-ring (bicyclic) bond motifs is 1. The Kier molecular flexibility index (Phi) is 5.85. The third kappa shape index (κ3) is 4.48. The lowest BCUT2D eigenvalue weighted by atomic mass is 9.98. The van der Waals surface area contributed by atoms with Crippen LogP contribution in [0.2, 0.25) is 0 Å². The highest BCUT2D eigenvalue weighted by Crippen LogP contribution is 2.35. The molecule has 0 amide bonds. The van der Waals surface area contributed by atoms with Crippen molar-refractivity contribution in [1.29, 1.82) is 0 Å². The lowest BCUT2D eigenvalue weighted by Crippen LogP contribution is -2.50. The molecule has 3 aromatic heterocycles. The molecule has 5 heterocycles. The van der Waals surface area contributed by atoms with E-state index >= 15 is 0 Å². The number of hydrogen-bond donors (Lipinski definition) is 2. The van der Waals surface area contributed by atoms with E-state index in [1.807, 2.05) is 17.9 Å². The van der Waals surface area contributed by atoms with Gasteiger partial charge in [0, 0.05) is 80.5 Å². The molecule has 12 heteroatoms. The quantitative estimate of drug-likeness (QED) is 0.404. The average molecular weight is 471 g/mol. The number of aromatic nitrogens is 5. The van der Waals surface area contributed by atoms with E-state index in [1.54, 1.807) is 24.7 Å². The summed E-state index contributed by atoms with van der Waals surface area (Å²) in [4.78, 5) is 25.8. The van der Waals surface area contributed by atoms with Crippen LogP contribution < -0.4 is 14.5 Å². The lowest BCUT2D eigenvalue weighted by molar-refractivity contribution is 0.407. The van der Waals surface area contributed by atoms with Gasteiger partial charge in [-0.3, -0.25) is 0 Å². The van der Waals surface area contributed by atoms with Gasteiger partial charge in [-0.2, -0.15) is 4.39 Å². The van der Waals surface area contributed by atoms with Crippen LogP contribution in [0.25, 0.3) is 11.6 Å². The molecule has 1 N–H and O–H groups in total. The van der Waals surface area contributed by atoms with Gasteiger partial charge in [-0.25, -0.2) is 38.1 Å². The number of halogens is 1. The molecule has 0 aliphatic carbocycles. The van der Waals surface area contributed by atoms with Gasteiger partial charge in [0.2, 0.25) is 16.8 Å². The molecular formula is C21H23FN8O2S. The predicted molar refractivity (Wildman–Crippen MR) is 121 cm³/mol. The molecule has 1 atom stereocenters. The van der Waals surface area contributed by atoms with E-state index < -0.39 is 16.8 Å². The van der Waals surface area contributed by atoms with E-state index in [0.29, 0.717) is 50.1 Å². The fourth-order valence-corrected chi connectivity index (χ4v) is 4.72. The van der Waals surface area contributed by atoms with Crippen molar-refractivity contribution in [1.82, 2.24) is 29.6 Å². The second-order valence-corrected chi connectivity index (χ2v) is 9.01. The average Bonchev–Trinajstić information content (AvgIpc) is 2.78. The highest BCUT2D eigenvalue weighted by atomic mass is 32.2. The van der Waals surface area contributed by atoms with E-state index in [2.05, 4.69) is 34.5 Å². The van der Waals surface area contributed by atoms with Crippen LogP contribution in [0.15, 0.2) is 36.8 Å². The van der Waals surface area contributed by atoms with E-state index in [4.69, 9.17) is 0 Å². The number of nitrogens with zero attached hydrogens (tertiary/aromatic N) is 7. The molecule has 33 heavy (non-hydrogen) atoms. The number of pyridine rings is 1. The Morgan fingerprint density at radius 1 is 1.12 bits per heavy atom. The van der Waals surface area contributed by atoms with Crippen LogP contribution in [0.4, 0.5) is 15.9 Å². The molecule has 0 radical (unpaired) electrons. The Morgan fingerprint density at radius 2 is 1.91 bits per heavy atom. The summed E-state index contributed by atoms with van der Waals surface area (Å²) < 4.78 is 38.3. The summed E-state index contributed by atoms with van der Waals surface area (Å²) in [6.45, 7) is 4.39. The van der Waals surface area contributed by atoms with Crippen LogP contribution in [0, 0.1) is 11.9 Å². The topological polar surface area (TPSA) is 117 Å². The zero-order valence-electron chi connectivity index (χ0n) is 17.9. The van der Waals surface area contributed by atoms with Crippen LogP contribution in [0.3, 0.4) is 0 Å². The molecule has 2 aliphatic heterocycles. The summed E-state index contributed by atoms with van der Waals surface area (Å²) in [6, 6.07) is 4.96. The third-order valence-electron chi connectivity index (χ3n) is 6.06. The van der Waals surface area contributed by atoms with Crippen molar-refractivity contribution in [3.8, 4) is 11.6 Å². The molecule has 10 nitrogen and oxygen atoms in total. The van der Waals surface area contributed by atoms with Gasteiger partial charge in [-0.15, -0.1) is 0 Å². The van der Waals surface area contributed by atoms with E-state index in [0.717, 1.165) is 16.9 Å². The minimum atomic E-state index is -2.60. The fourth-order valence-electron chi connectivity index (χ4n) is 4.31. The van der Waals surface area contributed by atoms with Crippen molar-refractivity contribution in [2.24, 2.45) is 5.92 Å². The van der Waals surface area contributed by atoms with Crippen LogP contribution >= 0.6 is 0 Å². The molecular weight excluding hydrogens is 447 g/mol. The first kappa shape index (κ1) is 21.6. The van der Waals surface area contributed by atoms with Gasteiger partial charge < -0.3 is 9.80 Å². The number of thiol groups is 1. The first-order valence-electron chi connectivity index (χ1n) is 10.7. The van der Waals surface area contributed by atoms with Gasteiger partial charge >= 0.3 is 0 Å². The predicted octanol–water partition coefficient (Wildman–Crippen LogP) is 1.14. The molecule has 1 unspecified atom stereocenters. The Balaban J connectivity index is 1.34. The summed E-state index contributed by atoms with van der Waals surface area (Å²) in [5.74, 6) is 1.19. The Hall–Kier alpha value is -3.25. The maximum absolute atomic E-state index is 14.4. The molecule has 0 spiro atoms. The van der Waals surface area contributed by atoms with Crippen molar-refractivity contribution in [2.45, 2.75) is 19.4 Å². The Morgan fingerprint density at radius 3 is 2.67 bits per heavy atom. The summed E-state index contributed by atoms with van der Waals surface area (Å²) >= 11 is 0. The Bertz CT molecular complexity index is 1230. The smallest absolute Gasteiger partial charge is 0.216 e. The molecule has 1 fully saturated rings. The fraction of sp³-hybridized carbons (Fsp3) is 0.381. The first-order valence-corrected chi connectivity index (χ1v) is 11.9. The lowest BCUT2D eigenvalue weighted by Gasteiger charge is -2.41. The minimum Gasteiger partial charge on any atom is -0.371 e. The summed E-state index contributed by atoms with van der Waals surface area (Å²) in [5.41, 5.74) is 2.64. The number of hydrogen-bond acceptors (Lipinski definition) is 9. The standard InChI is InChI=1S/C21H23FN8O2S/c1-13-16-10-25-21(20-23-4-2-5-24-20)27-17(16)3-6-30(13)19-8-15(7-18(22)28-19)29-11-14(12-29)9-26-33(31)32/h2,4-5,7-8,10,13-14,33H,3,6,9,11-12H2,1H3,(H,26,31,32). The maximum Gasteiger partial charge on any atom is 0.216 e. The van der Waals surface area contributed by atoms with E-state index in [9.17, 15) is 12.8 Å². The van der Waals surface area contributed by atoms with Crippen molar-refractivity contribution in [3.05, 3.63) is 54.0 Å². The summed E-state index contributed by atoms with van der Waals surface area (Å²) in [7, 11) is -2.60. The molecule has 172 valence electrons. The second-order valence-electron chi connectivity index (χ2n) is 8.18. The normalized spacial score (nSPS) is 18.3. The first-order chi connectivity index (χ1) is 16.0. The van der Waals surface area contributed by atoms with Crippen molar-refractivity contribution >= 4 is 22.4 Å². The number of nitrogens with one attached hydrogen (secondary N) is 1. The zero-order chi connectivity index (χ0) is 22.9. The van der Waals surface area contributed by atoms with Crippen LogP contribution in [0.5, 0.6) is 0 Å². The molecule has 3 aromatic rings. The largest absolute Gasteiger partial charge is 0.371 e. The van der Waals surface area contributed by atoms with E-state index in [-0.39, 0.29) is 12.0 Å². The van der Waals surface area contributed by atoms with Gasteiger partial charge in [-0.05, 0) is 13.0 Å². The van der Waals surface area contributed by atoms with Gasteiger partial charge in [0.25, 0.3) is 0 Å². The van der Waals surface area contributed by atoms with Crippen LogP contribution in [-0.2, 0) is 17.3 Å². The molecule has 0 bridgehead atoms. The van der Waals surface area contributed by atoms with Gasteiger partial charge in [0.05, 0.1) is 11.7 Å². The van der Waals surface area contributed by atoms with Crippen LogP contribution in [0.1, 0.15) is 24.2 Å². The number of anilines is 2. The zero-order valence-corrected chi connectivity index (χ0v) is 18.8. The molecule has 0 aromatic carbocycles. The van der Waals surface area contributed by atoms with E-state index in [1.165, 1.54) is 6.07 Å². The second kappa shape index (κ2) is 8.94. The summed E-state index contributed by atoms with van der Waals surface area (Å²) in [5, 5.41) is 0. The van der Waals surface area contributed by atoms with Crippen LogP contribution in [-0.4, -0.2) is 59.5 Å². The van der Waals surface area contributed by atoms with Gasteiger partial charge in [0.15, 0.2) is 11.6 Å². The van der Waals surface area contributed by atoms with Gasteiger partial charge in [0.1, 0.15) is 5.82 Å². The SMILES string of the molecule is CC1c2cnc(-c3ncccn3)nc2CCN1c1cc(N2CC(CN[SH](=O)=O)C2)cc(F)n1. The molecule has 1 saturated heterocycles. The Labute approximate surface area is 192 Å². The molecule has 0 saturated carbocycles. The molecule has 5 rings (SSSR count). The van der Waals surface area contributed by atoms with Crippen molar-refractivity contribution < 1.29 is 12.8 Å². The molecule has 2 aliphatic rings. The minimum absolute atomic E-state index is 0.0802. The van der Waals surface area contributed by atoms with Crippen molar-refractivity contribution in [2.75, 3.05) is 36.0 Å². The number of rotatable bonds is 6.